The largest absolute Gasteiger partial charge is 0.456 e. The van der Waals surface area contributed by atoms with Crippen LogP contribution in [0.1, 0.15) is 0 Å². The van der Waals surface area contributed by atoms with Crippen molar-refractivity contribution in [2.45, 2.75) is 0 Å². The second kappa shape index (κ2) is 22.5. The zero-order chi connectivity index (χ0) is 62.1. The van der Waals surface area contributed by atoms with E-state index >= 15 is 0 Å². The first kappa shape index (κ1) is 54.1. The second-order valence-corrected chi connectivity index (χ2v) is 23.4. The first-order valence-electron chi connectivity index (χ1n) is 31.3. The van der Waals surface area contributed by atoms with Crippen molar-refractivity contribution in [1.82, 2.24) is 39.0 Å². The summed E-state index contributed by atoms with van der Waals surface area (Å²) < 4.78 is 17.1. The molecule has 6 heterocycles. The standard InChI is InChI=1S/C45H28N4O.C39H24N4O/c1-2-11-29(12-3-1)30-21-23-31(24-22-30)43-46-44(48-45(47-43)33-25-26-38-37-17-6-9-20-41(37)50-42(38)28-33)32-13-10-14-34(27-32)49-39-18-7-4-15-35(39)36-16-5-8-19-40(36)49;1-2-11-25(12-3-1)37-40-38(42-39(41-37)27-21-22-32-31-17-6-9-20-35(31)44-36(32)24-27)26-13-10-14-28(23-26)43-33-18-7-4-15-29(33)30-16-5-8-19-34(30)43/h1-28H;1-24H. The van der Waals surface area contributed by atoms with Gasteiger partial charge in [-0.15, -0.1) is 0 Å². The minimum atomic E-state index is 0.585. The molecular weight excluding hydrogens is 1150 g/mol. The van der Waals surface area contributed by atoms with Gasteiger partial charge in [0.25, 0.3) is 0 Å². The Balaban J connectivity index is 0.000000139. The minimum Gasteiger partial charge on any atom is -0.456 e. The summed E-state index contributed by atoms with van der Waals surface area (Å²) in [5.74, 6) is 3.63. The van der Waals surface area contributed by atoms with Crippen LogP contribution in [0.25, 0.3) is 178 Å². The molecule has 0 aliphatic rings. The van der Waals surface area contributed by atoms with Gasteiger partial charge in [-0.05, 0) is 96.1 Å². The van der Waals surface area contributed by atoms with Crippen LogP contribution in [0, 0.1) is 0 Å². The lowest BCUT2D eigenvalue weighted by molar-refractivity contribution is 0.668. The Hall–Kier alpha value is -12.9. The van der Waals surface area contributed by atoms with Gasteiger partial charge in [0.05, 0.1) is 22.1 Å². The quantitative estimate of drug-likeness (QED) is 0.140. The summed E-state index contributed by atoms with van der Waals surface area (Å²) in [5, 5.41) is 9.21. The van der Waals surface area contributed by atoms with Gasteiger partial charge in [-0.25, -0.2) is 29.9 Å². The molecule has 10 heteroatoms. The van der Waals surface area contributed by atoms with Crippen LogP contribution in [-0.2, 0) is 0 Å². The SMILES string of the molecule is c1ccc(-c2ccc(-c3nc(-c4cccc(-n5c6ccccc6c6ccccc65)c4)nc(-c4ccc5c(c4)oc4ccccc45)n3)cc2)cc1.c1ccc(-c2nc(-c3cccc(-n4c5ccccc5c5ccccc54)c3)nc(-c3ccc4c(c3)oc3ccccc34)n2)cc1. The normalized spacial score (nSPS) is 11.6. The Labute approximate surface area is 538 Å². The van der Waals surface area contributed by atoms with Gasteiger partial charge in [-0.3, -0.25) is 0 Å². The van der Waals surface area contributed by atoms with Crippen LogP contribution < -0.4 is 0 Å². The average Bonchev–Trinajstić information content (AvgIpc) is 1.59. The Morgan fingerprint density at radius 2 is 0.447 bits per heavy atom. The maximum atomic E-state index is 6.25. The lowest BCUT2D eigenvalue weighted by Gasteiger charge is -2.12. The molecule has 440 valence electrons. The fourth-order valence-corrected chi connectivity index (χ4v) is 13.3. The van der Waals surface area contributed by atoms with Crippen LogP contribution in [0.4, 0.5) is 0 Å². The Kier molecular flexibility index (Phi) is 13.0. The van der Waals surface area contributed by atoms with Crippen LogP contribution in [0.3, 0.4) is 0 Å². The Bertz CT molecular complexity index is 6020. The molecule has 0 aliphatic carbocycles. The van der Waals surface area contributed by atoms with Crippen molar-refractivity contribution in [3.05, 3.63) is 315 Å². The smallest absolute Gasteiger partial charge is 0.164 e. The monoisotopic (exact) mass is 1200 g/mol. The molecule has 19 rings (SSSR count). The molecule has 0 atom stereocenters. The molecule has 0 amide bonds. The van der Waals surface area contributed by atoms with Gasteiger partial charge in [0.15, 0.2) is 34.9 Å². The molecule has 0 unspecified atom stereocenters. The zero-order valence-corrected chi connectivity index (χ0v) is 50.4. The van der Waals surface area contributed by atoms with Crippen molar-refractivity contribution >= 4 is 87.5 Å². The molecule has 0 radical (unpaired) electrons. The molecule has 0 bridgehead atoms. The van der Waals surface area contributed by atoms with Crippen LogP contribution in [0.2, 0.25) is 0 Å². The topological polar surface area (TPSA) is 113 Å². The minimum absolute atomic E-state index is 0.585. The lowest BCUT2D eigenvalue weighted by Crippen LogP contribution is -2.01. The van der Waals surface area contributed by atoms with Gasteiger partial charge < -0.3 is 18.0 Å². The van der Waals surface area contributed by atoms with Crippen LogP contribution in [-0.4, -0.2) is 39.0 Å². The maximum absolute atomic E-state index is 6.25. The summed E-state index contributed by atoms with van der Waals surface area (Å²) in [5.41, 5.74) is 17.7. The third-order valence-electron chi connectivity index (χ3n) is 17.7. The number of para-hydroxylation sites is 6. The fraction of sp³-hybridized carbons (Fsp3) is 0. The van der Waals surface area contributed by atoms with Crippen LogP contribution in [0.5, 0.6) is 0 Å². The van der Waals surface area contributed by atoms with Crippen molar-refractivity contribution in [3.63, 3.8) is 0 Å². The predicted octanol–water partition coefficient (Wildman–Crippen LogP) is 21.4. The summed E-state index contributed by atoms with van der Waals surface area (Å²) in [6, 6.07) is 108. The lowest BCUT2D eigenvalue weighted by atomic mass is 10.0. The van der Waals surface area contributed by atoms with Crippen molar-refractivity contribution in [2.75, 3.05) is 0 Å². The average molecular weight is 1210 g/mol. The molecule has 0 saturated heterocycles. The van der Waals surface area contributed by atoms with E-state index in [1.807, 2.05) is 84.9 Å². The van der Waals surface area contributed by atoms with Gasteiger partial charge >= 0.3 is 0 Å². The molecule has 0 saturated carbocycles. The third kappa shape index (κ3) is 9.52. The second-order valence-electron chi connectivity index (χ2n) is 23.4. The summed E-state index contributed by atoms with van der Waals surface area (Å²) >= 11 is 0. The van der Waals surface area contributed by atoms with Gasteiger partial charge in [0.2, 0.25) is 0 Å². The number of fused-ring (bicyclic) bond motifs is 12. The van der Waals surface area contributed by atoms with E-state index in [-0.39, 0.29) is 0 Å². The third-order valence-corrected chi connectivity index (χ3v) is 17.7. The Morgan fingerprint density at radius 3 is 0.851 bits per heavy atom. The summed E-state index contributed by atoms with van der Waals surface area (Å²) in [7, 11) is 0. The molecule has 0 fully saturated rings. The number of furan rings is 2. The Morgan fingerprint density at radius 1 is 0.181 bits per heavy atom. The molecule has 13 aromatic carbocycles. The summed E-state index contributed by atoms with van der Waals surface area (Å²) in [6.45, 7) is 0. The van der Waals surface area contributed by atoms with E-state index in [1.54, 1.807) is 0 Å². The van der Waals surface area contributed by atoms with Gasteiger partial charge in [0.1, 0.15) is 22.3 Å². The number of benzene rings is 13. The van der Waals surface area contributed by atoms with Crippen molar-refractivity contribution in [3.8, 4) is 90.8 Å². The number of hydrogen-bond acceptors (Lipinski definition) is 8. The highest BCUT2D eigenvalue weighted by atomic mass is 16.3. The molecule has 19 aromatic rings. The number of rotatable bonds is 9. The van der Waals surface area contributed by atoms with Crippen LogP contribution >= 0.6 is 0 Å². The van der Waals surface area contributed by atoms with E-state index in [2.05, 4.69) is 240 Å². The van der Waals surface area contributed by atoms with Gasteiger partial charge in [0, 0.05) is 87.8 Å². The van der Waals surface area contributed by atoms with E-state index in [0.717, 1.165) is 122 Å². The maximum Gasteiger partial charge on any atom is 0.164 e. The highest BCUT2D eigenvalue weighted by Crippen LogP contribution is 2.39. The van der Waals surface area contributed by atoms with E-state index in [0.29, 0.717) is 34.9 Å². The molecule has 6 aromatic heterocycles. The highest BCUT2D eigenvalue weighted by molar-refractivity contribution is 6.11. The van der Waals surface area contributed by atoms with E-state index < -0.39 is 0 Å². The number of nitrogens with zero attached hydrogens (tertiary/aromatic N) is 8. The predicted molar refractivity (Wildman–Crippen MR) is 381 cm³/mol. The zero-order valence-electron chi connectivity index (χ0n) is 50.4. The highest BCUT2D eigenvalue weighted by Gasteiger charge is 2.20. The molecular formula is C84H52N8O2. The fourth-order valence-electron chi connectivity index (χ4n) is 13.3. The van der Waals surface area contributed by atoms with Crippen molar-refractivity contribution < 1.29 is 8.83 Å². The first-order chi connectivity index (χ1) is 46.6. The molecule has 10 nitrogen and oxygen atoms in total. The number of aromatic nitrogens is 8. The first-order valence-corrected chi connectivity index (χ1v) is 31.3. The summed E-state index contributed by atoms with van der Waals surface area (Å²) in [4.78, 5) is 30.2. The van der Waals surface area contributed by atoms with Gasteiger partial charge in [-0.2, -0.15) is 0 Å². The molecule has 94 heavy (non-hydrogen) atoms. The molecule has 0 aliphatic heterocycles. The van der Waals surface area contributed by atoms with E-state index in [1.165, 1.54) is 21.5 Å². The van der Waals surface area contributed by atoms with Crippen molar-refractivity contribution in [1.29, 1.82) is 0 Å². The number of hydrogen-bond donors (Lipinski definition) is 0. The van der Waals surface area contributed by atoms with E-state index in [4.69, 9.17) is 38.7 Å². The van der Waals surface area contributed by atoms with Crippen molar-refractivity contribution in [2.24, 2.45) is 0 Å². The molecule has 0 spiro atoms. The van der Waals surface area contributed by atoms with E-state index in [9.17, 15) is 0 Å². The van der Waals surface area contributed by atoms with Gasteiger partial charge in [-0.1, -0.05) is 231 Å². The summed E-state index contributed by atoms with van der Waals surface area (Å²) in [6.07, 6.45) is 0. The molecule has 0 N–H and O–H groups in total. The van der Waals surface area contributed by atoms with Crippen LogP contribution in [0.15, 0.2) is 324 Å².